The van der Waals surface area contributed by atoms with Crippen molar-refractivity contribution in [2.45, 2.75) is 31.2 Å². The topological polar surface area (TPSA) is 147 Å². The summed E-state index contributed by atoms with van der Waals surface area (Å²) in [6.45, 7) is 2.97. The number of nitrogens with one attached hydrogen (secondary N) is 1. The number of hydrogen-bond donors (Lipinski definition) is 2. The molecular weight excluding hydrogens is 366 g/mol. The van der Waals surface area contributed by atoms with Crippen molar-refractivity contribution >= 4 is 27.6 Å². The molecule has 144 valence electrons. The van der Waals surface area contributed by atoms with Crippen molar-refractivity contribution in [3.8, 4) is 0 Å². The Morgan fingerprint density at radius 2 is 1.96 bits per heavy atom. The van der Waals surface area contributed by atoms with Gasteiger partial charge < -0.3 is 10.4 Å². The predicted molar refractivity (Wildman–Crippen MR) is 91.9 cm³/mol. The first-order valence-corrected chi connectivity index (χ1v) is 9.12. The second-order valence-electron chi connectivity index (χ2n) is 6.10. The minimum absolute atomic E-state index is 0.0164. The third kappa shape index (κ3) is 5.77. The number of carbonyl (C=O) groups is 2. The van der Waals surface area contributed by atoms with E-state index < -0.39 is 45.1 Å². The van der Waals surface area contributed by atoms with Gasteiger partial charge in [-0.05, 0) is 18.4 Å². The maximum Gasteiger partial charge on any atom is 0.326 e. The third-order valence-electron chi connectivity index (χ3n) is 3.44. The van der Waals surface area contributed by atoms with Gasteiger partial charge in [0.05, 0.1) is 16.4 Å². The van der Waals surface area contributed by atoms with Crippen molar-refractivity contribution in [3.63, 3.8) is 0 Å². The van der Waals surface area contributed by atoms with Crippen LogP contribution in [0.1, 0.15) is 20.3 Å². The van der Waals surface area contributed by atoms with Crippen molar-refractivity contribution < 1.29 is 28.0 Å². The Balaban J connectivity index is 2.89. The second-order valence-corrected chi connectivity index (χ2v) is 8.15. The molecule has 0 bridgehead atoms. The highest BCUT2D eigenvalue weighted by molar-refractivity contribution is 7.89. The first-order valence-electron chi connectivity index (χ1n) is 7.68. The van der Waals surface area contributed by atoms with E-state index >= 15 is 0 Å². The Labute approximate surface area is 151 Å². The van der Waals surface area contributed by atoms with Gasteiger partial charge in [0.2, 0.25) is 15.9 Å². The Hall–Kier alpha value is -2.53. The predicted octanol–water partition coefficient (Wildman–Crippen LogP) is 0.831. The molecule has 0 aliphatic rings. The summed E-state index contributed by atoms with van der Waals surface area (Å²) in [6, 6.07) is 3.31. The molecule has 10 nitrogen and oxygen atoms in total. The van der Waals surface area contributed by atoms with Gasteiger partial charge in [-0.25, -0.2) is 13.2 Å². The van der Waals surface area contributed by atoms with E-state index in [1.165, 1.54) is 12.1 Å². The van der Waals surface area contributed by atoms with Gasteiger partial charge in [0, 0.05) is 19.2 Å². The van der Waals surface area contributed by atoms with Crippen LogP contribution in [0, 0.1) is 16.0 Å². The standard InChI is InChI=1S/C15H21N3O7S/c1-10(2)7-13(15(20)21)16-14(19)9-17(3)26(24,25)12-6-4-5-11(8-12)18(22)23/h4-6,8,10,13H,7,9H2,1-3H3,(H,16,19)(H,20,21)/t13-/m1/s1. The van der Waals surface area contributed by atoms with Gasteiger partial charge in [0.1, 0.15) is 6.04 Å². The molecule has 1 amide bonds. The van der Waals surface area contributed by atoms with Crippen molar-refractivity contribution in [2.75, 3.05) is 13.6 Å². The summed E-state index contributed by atoms with van der Waals surface area (Å²) < 4.78 is 25.6. The van der Waals surface area contributed by atoms with Crippen LogP contribution >= 0.6 is 0 Å². The van der Waals surface area contributed by atoms with E-state index in [4.69, 9.17) is 5.11 Å². The quantitative estimate of drug-likeness (QED) is 0.471. The maximum atomic E-state index is 12.4. The van der Waals surface area contributed by atoms with Gasteiger partial charge in [0.15, 0.2) is 0 Å². The molecule has 0 saturated heterocycles. The number of nitro groups is 1. The normalized spacial score (nSPS) is 12.8. The molecule has 0 fully saturated rings. The Morgan fingerprint density at radius 1 is 1.35 bits per heavy atom. The SMILES string of the molecule is CC(C)C[C@@H](NC(=O)CN(C)S(=O)(=O)c1cccc([N+](=O)[O-])c1)C(=O)O. The van der Waals surface area contributed by atoms with E-state index in [0.29, 0.717) is 4.31 Å². The summed E-state index contributed by atoms with van der Waals surface area (Å²) in [5.74, 6) is -1.98. The van der Waals surface area contributed by atoms with Crippen LogP contribution in [0.15, 0.2) is 29.2 Å². The average molecular weight is 387 g/mol. The fourth-order valence-corrected chi connectivity index (χ4v) is 3.32. The van der Waals surface area contributed by atoms with E-state index in [-0.39, 0.29) is 17.2 Å². The second kappa shape index (κ2) is 8.72. The molecule has 26 heavy (non-hydrogen) atoms. The van der Waals surface area contributed by atoms with Crippen LogP contribution in [-0.4, -0.2) is 54.3 Å². The molecule has 1 atom stereocenters. The molecule has 0 aliphatic heterocycles. The van der Waals surface area contributed by atoms with E-state index in [1.54, 1.807) is 13.8 Å². The number of aliphatic carboxylic acids is 1. The van der Waals surface area contributed by atoms with Gasteiger partial charge in [0.25, 0.3) is 5.69 Å². The number of carboxylic acid groups (broad SMARTS) is 1. The zero-order valence-electron chi connectivity index (χ0n) is 14.6. The first-order chi connectivity index (χ1) is 11.9. The van der Waals surface area contributed by atoms with Gasteiger partial charge in [-0.2, -0.15) is 4.31 Å². The average Bonchev–Trinajstić information content (AvgIpc) is 2.53. The number of nitrogens with zero attached hydrogens (tertiary/aromatic N) is 2. The molecule has 1 aromatic rings. The van der Waals surface area contributed by atoms with Crippen LogP contribution in [0.2, 0.25) is 0 Å². The molecule has 2 N–H and O–H groups in total. The lowest BCUT2D eigenvalue weighted by Crippen LogP contribution is -2.46. The van der Waals surface area contributed by atoms with Crippen molar-refractivity contribution in [1.82, 2.24) is 9.62 Å². The van der Waals surface area contributed by atoms with Gasteiger partial charge in [-0.15, -0.1) is 0 Å². The van der Waals surface area contributed by atoms with Gasteiger partial charge in [-0.1, -0.05) is 19.9 Å². The molecule has 0 aromatic heterocycles. The largest absolute Gasteiger partial charge is 0.480 e. The molecule has 0 radical (unpaired) electrons. The summed E-state index contributed by atoms with van der Waals surface area (Å²) in [5, 5.41) is 22.2. The van der Waals surface area contributed by atoms with Crippen molar-refractivity contribution in [1.29, 1.82) is 0 Å². The molecule has 0 heterocycles. The van der Waals surface area contributed by atoms with Crippen LogP contribution in [0.5, 0.6) is 0 Å². The summed E-state index contributed by atoms with van der Waals surface area (Å²) in [6.07, 6.45) is 0.197. The number of sulfonamides is 1. The Bertz CT molecular complexity index is 792. The minimum atomic E-state index is -4.15. The first kappa shape index (κ1) is 21.5. The molecule has 0 saturated carbocycles. The van der Waals surface area contributed by atoms with Crippen molar-refractivity contribution in [2.24, 2.45) is 5.92 Å². The highest BCUT2D eigenvalue weighted by Crippen LogP contribution is 2.20. The zero-order chi connectivity index (χ0) is 20.1. The number of carboxylic acids is 1. The number of likely N-dealkylation sites (N-methyl/N-ethyl adjacent to an activating group) is 1. The van der Waals surface area contributed by atoms with Crippen LogP contribution < -0.4 is 5.32 Å². The molecule has 11 heteroatoms. The minimum Gasteiger partial charge on any atom is -0.480 e. The molecule has 0 unspecified atom stereocenters. The number of rotatable bonds is 9. The summed E-state index contributed by atoms with van der Waals surface area (Å²) in [7, 11) is -3.02. The maximum absolute atomic E-state index is 12.4. The lowest BCUT2D eigenvalue weighted by atomic mass is 10.0. The van der Waals surface area contributed by atoms with E-state index in [0.717, 1.165) is 19.2 Å². The summed E-state index contributed by atoms with van der Waals surface area (Å²) in [5.41, 5.74) is -0.396. The molecule has 0 spiro atoms. The smallest absolute Gasteiger partial charge is 0.326 e. The third-order valence-corrected chi connectivity index (χ3v) is 5.24. The fraction of sp³-hybridized carbons (Fsp3) is 0.467. The van der Waals surface area contributed by atoms with E-state index in [9.17, 15) is 28.1 Å². The molecule has 1 aromatic carbocycles. The zero-order valence-corrected chi connectivity index (χ0v) is 15.4. The number of carbonyl (C=O) groups excluding carboxylic acids is 1. The number of amides is 1. The molecule has 1 rings (SSSR count). The highest BCUT2D eigenvalue weighted by Gasteiger charge is 2.27. The van der Waals surface area contributed by atoms with Gasteiger partial charge in [-0.3, -0.25) is 14.9 Å². The molecular formula is C15H21N3O7S. The fourth-order valence-electron chi connectivity index (χ4n) is 2.16. The van der Waals surface area contributed by atoms with Crippen LogP contribution in [0.25, 0.3) is 0 Å². The molecule has 0 aliphatic carbocycles. The Morgan fingerprint density at radius 3 is 2.46 bits per heavy atom. The van der Waals surface area contributed by atoms with Crippen LogP contribution in [0.3, 0.4) is 0 Å². The number of non-ortho nitro benzene ring substituents is 1. The van der Waals surface area contributed by atoms with Crippen molar-refractivity contribution in [3.05, 3.63) is 34.4 Å². The number of hydrogen-bond acceptors (Lipinski definition) is 6. The monoisotopic (exact) mass is 387 g/mol. The lowest BCUT2D eigenvalue weighted by molar-refractivity contribution is -0.385. The Kier molecular flexibility index (Phi) is 7.21. The van der Waals surface area contributed by atoms with E-state index in [1.807, 2.05) is 0 Å². The van der Waals surface area contributed by atoms with Gasteiger partial charge >= 0.3 is 5.97 Å². The highest BCUT2D eigenvalue weighted by atomic mass is 32.2. The summed E-state index contributed by atoms with van der Waals surface area (Å²) in [4.78, 5) is 32.9. The number of benzene rings is 1. The van der Waals surface area contributed by atoms with Crippen LogP contribution in [0.4, 0.5) is 5.69 Å². The van der Waals surface area contributed by atoms with Crippen LogP contribution in [-0.2, 0) is 19.6 Å². The lowest BCUT2D eigenvalue weighted by Gasteiger charge is -2.20. The summed E-state index contributed by atoms with van der Waals surface area (Å²) >= 11 is 0. The number of nitro benzene ring substituents is 1. The van der Waals surface area contributed by atoms with E-state index in [2.05, 4.69) is 5.32 Å².